The molecule has 0 atom stereocenters. The topological polar surface area (TPSA) is 90.0 Å². The summed E-state index contributed by atoms with van der Waals surface area (Å²) in [5.41, 5.74) is 0.577. The number of benzene rings is 2. The molecule has 0 fully saturated rings. The molecule has 1 aromatic heterocycles. The molecule has 0 radical (unpaired) electrons. The molecule has 7 nitrogen and oxygen atoms in total. The molecule has 0 aliphatic heterocycles. The molecular weight excluding hydrogens is 450 g/mol. The van der Waals surface area contributed by atoms with Gasteiger partial charge in [0.2, 0.25) is 0 Å². The summed E-state index contributed by atoms with van der Waals surface area (Å²) in [5.74, 6) is -0.0233. The van der Waals surface area contributed by atoms with Crippen molar-refractivity contribution in [3.63, 3.8) is 0 Å². The Morgan fingerprint density at radius 2 is 1.78 bits per heavy atom. The van der Waals surface area contributed by atoms with Gasteiger partial charge < -0.3 is 9.47 Å². The standard InChI is InChI=1S/C23H23NO6S2/c1-24(18-10-12-19(29-2)13-11-18)32(27,28)20-7-3-6-17(16-20)23(26)30-14-4-8-21(25)22-9-5-15-31-22/h3,5-7,9-13,15-16H,4,8,14H2,1-2H3. The summed E-state index contributed by atoms with van der Waals surface area (Å²) in [6.07, 6.45) is 0.662. The number of sulfonamides is 1. The quantitative estimate of drug-likeness (QED) is 0.246. The molecule has 3 rings (SSSR count). The summed E-state index contributed by atoms with van der Waals surface area (Å²) in [4.78, 5) is 25.0. The first-order valence-electron chi connectivity index (χ1n) is 9.80. The molecule has 0 spiro atoms. The van der Waals surface area contributed by atoms with Crippen molar-refractivity contribution in [1.82, 2.24) is 0 Å². The smallest absolute Gasteiger partial charge is 0.338 e. The third-order valence-corrected chi connectivity index (χ3v) is 7.43. The van der Waals surface area contributed by atoms with Gasteiger partial charge in [-0.15, -0.1) is 11.3 Å². The Bertz CT molecular complexity index is 1170. The van der Waals surface area contributed by atoms with E-state index in [1.54, 1.807) is 30.3 Å². The highest BCUT2D eigenvalue weighted by Crippen LogP contribution is 2.25. The molecule has 0 aliphatic carbocycles. The third kappa shape index (κ3) is 5.54. The van der Waals surface area contributed by atoms with E-state index in [4.69, 9.17) is 9.47 Å². The van der Waals surface area contributed by atoms with E-state index in [-0.39, 0.29) is 29.3 Å². The van der Waals surface area contributed by atoms with Crippen molar-refractivity contribution < 1.29 is 27.5 Å². The zero-order valence-corrected chi connectivity index (χ0v) is 19.3. The van der Waals surface area contributed by atoms with Crippen LogP contribution in [0.5, 0.6) is 5.75 Å². The van der Waals surface area contributed by atoms with Crippen LogP contribution in [0.1, 0.15) is 32.9 Å². The molecule has 32 heavy (non-hydrogen) atoms. The lowest BCUT2D eigenvalue weighted by atomic mass is 10.2. The predicted octanol–water partition coefficient (Wildman–Crippen LogP) is 4.40. The van der Waals surface area contributed by atoms with Crippen LogP contribution in [0, 0.1) is 0 Å². The molecule has 0 amide bonds. The summed E-state index contributed by atoms with van der Waals surface area (Å²) in [6, 6.07) is 15.9. The number of carbonyl (C=O) groups is 2. The van der Waals surface area contributed by atoms with Gasteiger partial charge in [-0.3, -0.25) is 9.10 Å². The number of methoxy groups -OCH3 is 1. The fourth-order valence-corrected chi connectivity index (χ4v) is 4.85. The molecule has 0 saturated carbocycles. The molecule has 3 aromatic rings. The maximum absolute atomic E-state index is 13.0. The van der Waals surface area contributed by atoms with E-state index in [0.717, 1.165) is 4.31 Å². The lowest BCUT2D eigenvalue weighted by molar-refractivity contribution is 0.0494. The number of nitrogens with zero attached hydrogens (tertiary/aromatic N) is 1. The van der Waals surface area contributed by atoms with Crippen LogP contribution < -0.4 is 9.04 Å². The molecule has 0 aliphatic rings. The maximum Gasteiger partial charge on any atom is 0.338 e. The molecule has 168 valence electrons. The number of ether oxygens (including phenoxy) is 2. The van der Waals surface area contributed by atoms with E-state index in [9.17, 15) is 18.0 Å². The van der Waals surface area contributed by atoms with E-state index in [1.165, 1.54) is 49.8 Å². The Morgan fingerprint density at radius 1 is 1.03 bits per heavy atom. The summed E-state index contributed by atoms with van der Waals surface area (Å²) in [6.45, 7) is 0.0681. The van der Waals surface area contributed by atoms with E-state index in [0.29, 0.717) is 22.7 Å². The second-order valence-corrected chi connectivity index (χ2v) is 9.76. The number of thiophene rings is 1. The highest BCUT2D eigenvalue weighted by atomic mass is 32.2. The van der Waals surface area contributed by atoms with Crippen molar-refractivity contribution in [2.24, 2.45) is 0 Å². The van der Waals surface area contributed by atoms with E-state index >= 15 is 0 Å². The monoisotopic (exact) mass is 473 g/mol. The van der Waals surface area contributed by atoms with E-state index < -0.39 is 16.0 Å². The van der Waals surface area contributed by atoms with Crippen LogP contribution in [0.15, 0.2) is 70.9 Å². The SMILES string of the molecule is COc1ccc(N(C)S(=O)(=O)c2cccc(C(=O)OCCCC(=O)c3cccs3)c2)cc1. The zero-order chi connectivity index (χ0) is 23.1. The summed E-state index contributed by atoms with van der Waals surface area (Å²) in [5, 5.41) is 1.83. The molecule has 0 unspecified atom stereocenters. The minimum Gasteiger partial charge on any atom is -0.497 e. The molecule has 1 heterocycles. The normalized spacial score (nSPS) is 11.1. The van der Waals surface area contributed by atoms with Crippen LogP contribution in [0.4, 0.5) is 5.69 Å². The molecule has 2 aromatic carbocycles. The highest BCUT2D eigenvalue weighted by Gasteiger charge is 2.23. The minimum atomic E-state index is -3.89. The van der Waals surface area contributed by atoms with Crippen molar-refractivity contribution >= 4 is 38.8 Å². The fourth-order valence-electron chi connectivity index (χ4n) is 2.91. The van der Waals surface area contributed by atoms with Gasteiger partial charge in [0.05, 0.1) is 34.7 Å². The number of hydrogen-bond donors (Lipinski definition) is 0. The van der Waals surface area contributed by atoms with Crippen LogP contribution in [-0.4, -0.2) is 40.9 Å². The average Bonchev–Trinajstić information content (AvgIpc) is 3.36. The summed E-state index contributed by atoms with van der Waals surface area (Å²) < 4.78 is 37.5. The zero-order valence-electron chi connectivity index (χ0n) is 17.7. The highest BCUT2D eigenvalue weighted by molar-refractivity contribution is 7.92. The minimum absolute atomic E-state index is 0.00529. The van der Waals surface area contributed by atoms with Crippen molar-refractivity contribution in [3.8, 4) is 5.75 Å². The Morgan fingerprint density at radius 3 is 2.44 bits per heavy atom. The van der Waals surface area contributed by atoms with Gasteiger partial charge in [-0.2, -0.15) is 0 Å². The Kier molecular flexibility index (Phi) is 7.66. The van der Waals surface area contributed by atoms with Gasteiger partial charge in [0.15, 0.2) is 5.78 Å². The molecule has 0 N–H and O–H groups in total. The first-order valence-corrected chi connectivity index (χ1v) is 12.1. The van der Waals surface area contributed by atoms with Gasteiger partial charge in [0.1, 0.15) is 5.75 Å². The van der Waals surface area contributed by atoms with Crippen LogP contribution in [0.2, 0.25) is 0 Å². The second-order valence-electron chi connectivity index (χ2n) is 6.84. The van der Waals surface area contributed by atoms with E-state index in [2.05, 4.69) is 0 Å². The lowest BCUT2D eigenvalue weighted by Gasteiger charge is -2.20. The van der Waals surface area contributed by atoms with Crippen molar-refractivity contribution in [3.05, 3.63) is 76.5 Å². The first-order chi connectivity index (χ1) is 15.3. The van der Waals surface area contributed by atoms with Crippen LogP contribution in [-0.2, 0) is 14.8 Å². The van der Waals surface area contributed by atoms with Gasteiger partial charge >= 0.3 is 5.97 Å². The number of ketones is 1. The third-order valence-electron chi connectivity index (χ3n) is 4.74. The first kappa shape index (κ1) is 23.5. The maximum atomic E-state index is 13.0. The van der Waals surface area contributed by atoms with Crippen LogP contribution >= 0.6 is 11.3 Å². The average molecular weight is 474 g/mol. The second kappa shape index (κ2) is 10.4. The lowest BCUT2D eigenvalue weighted by Crippen LogP contribution is -2.26. The van der Waals surface area contributed by atoms with Gasteiger partial charge in [-0.05, 0) is 60.3 Å². The fraction of sp³-hybridized carbons (Fsp3) is 0.217. The Balaban J connectivity index is 1.62. The van der Waals surface area contributed by atoms with Crippen LogP contribution in [0.25, 0.3) is 0 Å². The largest absolute Gasteiger partial charge is 0.497 e. The number of anilines is 1. The number of rotatable bonds is 10. The molecular formula is C23H23NO6S2. The summed E-state index contributed by atoms with van der Waals surface area (Å²) in [7, 11) is -0.921. The molecule has 0 bridgehead atoms. The van der Waals surface area contributed by atoms with Gasteiger partial charge in [0, 0.05) is 13.5 Å². The number of esters is 1. The van der Waals surface area contributed by atoms with Crippen molar-refractivity contribution in [1.29, 1.82) is 0 Å². The van der Waals surface area contributed by atoms with E-state index in [1.807, 2.05) is 11.4 Å². The van der Waals surface area contributed by atoms with Crippen LogP contribution in [0.3, 0.4) is 0 Å². The van der Waals surface area contributed by atoms with Gasteiger partial charge in [-0.25, -0.2) is 13.2 Å². The number of Topliss-reactive ketones (excluding diaryl/α,β-unsaturated/α-hetero) is 1. The Labute approximate surface area is 191 Å². The summed E-state index contributed by atoms with van der Waals surface area (Å²) >= 11 is 1.37. The van der Waals surface area contributed by atoms with Crippen molar-refractivity contribution in [2.75, 3.05) is 25.1 Å². The predicted molar refractivity (Wildman–Crippen MR) is 123 cm³/mol. The molecule has 9 heteroatoms. The van der Waals surface area contributed by atoms with Crippen molar-refractivity contribution in [2.45, 2.75) is 17.7 Å². The van der Waals surface area contributed by atoms with Gasteiger partial charge in [-0.1, -0.05) is 12.1 Å². The Hall–Kier alpha value is -3.17. The van der Waals surface area contributed by atoms with Gasteiger partial charge in [0.25, 0.3) is 10.0 Å². The molecule has 0 saturated heterocycles. The number of carbonyl (C=O) groups excluding carboxylic acids is 2. The number of hydrogen-bond acceptors (Lipinski definition) is 7.